The van der Waals surface area contributed by atoms with Crippen LogP contribution >= 0.6 is 35.3 Å². The van der Waals surface area contributed by atoms with Gasteiger partial charge in [-0.1, -0.05) is 43.9 Å². The molecule has 90 valence electrons. The van der Waals surface area contributed by atoms with Gasteiger partial charge in [0.25, 0.3) is 5.91 Å². The molecule has 1 saturated heterocycles. The van der Waals surface area contributed by atoms with Gasteiger partial charge in [-0.25, -0.2) is 0 Å². The van der Waals surface area contributed by atoms with Crippen molar-refractivity contribution >= 4 is 51.6 Å². The highest BCUT2D eigenvalue weighted by molar-refractivity contribution is 8.26. The molecule has 1 aliphatic heterocycles. The lowest BCUT2D eigenvalue weighted by molar-refractivity contribution is -0.122. The van der Waals surface area contributed by atoms with E-state index < -0.39 is 0 Å². The summed E-state index contributed by atoms with van der Waals surface area (Å²) in [5.74, 6) is 0.473. The Bertz CT molecular complexity index is 462. The summed E-state index contributed by atoms with van der Waals surface area (Å²) in [5.41, 5.74) is 0. The average molecular weight is 283 g/mol. The van der Waals surface area contributed by atoms with Crippen molar-refractivity contribution in [1.82, 2.24) is 4.90 Å². The molecular weight excluding hydrogens is 270 g/mol. The van der Waals surface area contributed by atoms with Gasteiger partial charge >= 0.3 is 0 Å². The minimum absolute atomic E-state index is 0.0436. The Labute approximate surface area is 115 Å². The Balaban J connectivity index is 2.18. The number of carbonyl (C=O) groups is 1. The molecule has 1 fully saturated rings. The molecule has 1 aromatic heterocycles. The third-order valence-corrected chi connectivity index (χ3v) is 4.43. The van der Waals surface area contributed by atoms with Gasteiger partial charge in [-0.05, 0) is 23.4 Å². The number of thiocarbonyl (C=S) groups is 1. The summed E-state index contributed by atoms with van der Waals surface area (Å²) in [4.78, 5) is 15.7. The van der Waals surface area contributed by atoms with Crippen LogP contribution < -0.4 is 0 Å². The number of carbonyl (C=O) groups excluding carboxylic acids is 1. The van der Waals surface area contributed by atoms with E-state index in [9.17, 15) is 4.79 Å². The number of amides is 1. The maximum Gasteiger partial charge on any atom is 0.266 e. The molecule has 1 aromatic rings. The highest BCUT2D eigenvalue weighted by atomic mass is 32.2. The lowest BCUT2D eigenvalue weighted by Gasteiger charge is -2.16. The first-order chi connectivity index (χ1) is 8.08. The quantitative estimate of drug-likeness (QED) is 0.624. The minimum Gasteiger partial charge on any atom is -0.293 e. The van der Waals surface area contributed by atoms with E-state index in [1.165, 1.54) is 11.8 Å². The second-order valence-electron chi connectivity index (χ2n) is 4.20. The van der Waals surface area contributed by atoms with Crippen LogP contribution in [-0.2, 0) is 4.79 Å². The number of hydrogen-bond acceptors (Lipinski definition) is 4. The number of rotatable bonds is 3. The van der Waals surface area contributed by atoms with E-state index in [-0.39, 0.29) is 5.91 Å². The van der Waals surface area contributed by atoms with Crippen LogP contribution in [0.1, 0.15) is 18.7 Å². The van der Waals surface area contributed by atoms with Crippen LogP contribution in [-0.4, -0.2) is 21.7 Å². The van der Waals surface area contributed by atoms with E-state index in [4.69, 9.17) is 12.2 Å². The summed E-state index contributed by atoms with van der Waals surface area (Å²) in [5, 5.41) is 2.00. The zero-order valence-corrected chi connectivity index (χ0v) is 12.1. The molecule has 0 unspecified atom stereocenters. The smallest absolute Gasteiger partial charge is 0.266 e. The normalized spacial score (nSPS) is 18.8. The highest BCUT2D eigenvalue weighted by Gasteiger charge is 2.32. The van der Waals surface area contributed by atoms with Gasteiger partial charge in [0, 0.05) is 11.4 Å². The molecule has 0 aromatic carbocycles. The van der Waals surface area contributed by atoms with Crippen molar-refractivity contribution in [3.05, 3.63) is 27.3 Å². The van der Waals surface area contributed by atoms with Crippen molar-refractivity contribution in [2.45, 2.75) is 13.8 Å². The Hall–Kier alpha value is -0.650. The van der Waals surface area contributed by atoms with E-state index in [0.29, 0.717) is 16.8 Å². The molecule has 1 amide bonds. The maximum absolute atomic E-state index is 12.1. The first kappa shape index (κ1) is 12.8. The van der Waals surface area contributed by atoms with E-state index in [1.54, 1.807) is 16.2 Å². The fourth-order valence-electron chi connectivity index (χ4n) is 1.53. The van der Waals surface area contributed by atoms with Crippen molar-refractivity contribution in [2.24, 2.45) is 5.92 Å². The number of thioether (sulfide) groups is 1. The van der Waals surface area contributed by atoms with Gasteiger partial charge in [0.2, 0.25) is 0 Å². The van der Waals surface area contributed by atoms with Gasteiger partial charge in [-0.3, -0.25) is 9.69 Å². The SMILES string of the molecule is CC(C)CN1C(=O)/C(=C\c2cccs2)SC1=S. The molecule has 1 aliphatic rings. The Morgan fingerprint density at radius 2 is 2.29 bits per heavy atom. The number of hydrogen-bond donors (Lipinski definition) is 0. The topological polar surface area (TPSA) is 20.3 Å². The molecule has 5 heteroatoms. The number of nitrogens with zero attached hydrogens (tertiary/aromatic N) is 1. The largest absolute Gasteiger partial charge is 0.293 e. The molecule has 0 spiro atoms. The Morgan fingerprint density at radius 1 is 1.53 bits per heavy atom. The summed E-state index contributed by atoms with van der Waals surface area (Å²) in [6.45, 7) is 4.87. The Kier molecular flexibility index (Phi) is 4.01. The summed E-state index contributed by atoms with van der Waals surface area (Å²) in [6.07, 6.45) is 1.92. The third-order valence-electron chi connectivity index (χ3n) is 2.24. The second kappa shape index (κ2) is 5.33. The molecule has 0 aliphatic carbocycles. The molecule has 17 heavy (non-hydrogen) atoms. The molecule has 0 atom stereocenters. The molecule has 0 bridgehead atoms. The maximum atomic E-state index is 12.1. The lowest BCUT2D eigenvalue weighted by atomic mass is 10.2. The predicted octanol–water partition coefficient (Wildman–Crippen LogP) is 3.61. The molecule has 2 heterocycles. The fraction of sp³-hybridized carbons (Fsp3) is 0.333. The van der Waals surface area contributed by atoms with Crippen LogP contribution in [0.5, 0.6) is 0 Å². The first-order valence-corrected chi connectivity index (χ1v) is 7.47. The van der Waals surface area contributed by atoms with Crippen LogP contribution in [0, 0.1) is 5.92 Å². The van der Waals surface area contributed by atoms with Crippen molar-refractivity contribution in [3.8, 4) is 0 Å². The van der Waals surface area contributed by atoms with Crippen molar-refractivity contribution in [3.63, 3.8) is 0 Å². The molecule has 2 nitrogen and oxygen atoms in total. The standard InChI is InChI=1S/C12H13NOS3/c1-8(2)7-13-11(14)10(17-12(13)15)6-9-4-3-5-16-9/h3-6,8H,7H2,1-2H3/b10-6+. The molecule has 0 radical (unpaired) electrons. The lowest BCUT2D eigenvalue weighted by Crippen LogP contribution is -2.31. The zero-order valence-electron chi connectivity index (χ0n) is 9.67. The molecule has 0 saturated carbocycles. The van der Waals surface area contributed by atoms with Gasteiger partial charge in [0.15, 0.2) is 0 Å². The van der Waals surface area contributed by atoms with Gasteiger partial charge in [-0.15, -0.1) is 11.3 Å². The third kappa shape index (κ3) is 2.97. The van der Waals surface area contributed by atoms with Gasteiger partial charge in [-0.2, -0.15) is 0 Å². The van der Waals surface area contributed by atoms with E-state index in [1.807, 2.05) is 23.6 Å². The Morgan fingerprint density at radius 3 is 2.88 bits per heavy atom. The van der Waals surface area contributed by atoms with Gasteiger partial charge < -0.3 is 0 Å². The minimum atomic E-state index is 0.0436. The molecule has 0 N–H and O–H groups in total. The van der Waals surface area contributed by atoms with Gasteiger partial charge in [0.1, 0.15) is 4.32 Å². The fourth-order valence-corrected chi connectivity index (χ4v) is 3.52. The van der Waals surface area contributed by atoms with Crippen molar-refractivity contribution in [1.29, 1.82) is 0 Å². The predicted molar refractivity (Wildman–Crippen MR) is 79.0 cm³/mol. The van der Waals surface area contributed by atoms with Crippen molar-refractivity contribution in [2.75, 3.05) is 6.54 Å². The molecular formula is C12H13NOS3. The average Bonchev–Trinajstić information content (AvgIpc) is 2.83. The summed E-state index contributed by atoms with van der Waals surface area (Å²) < 4.78 is 0.673. The van der Waals surface area contributed by atoms with Crippen molar-refractivity contribution < 1.29 is 4.79 Å². The van der Waals surface area contributed by atoms with Crippen LogP contribution in [0.3, 0.4) is 0 Å². The first-order valence-electron chi connectivity index (χ1n) is 5.37. The van der Waals surface area contributed by atoms with Crippen LogP contribution in [0.25, 0.3) is 6.08 Å². The van der Waals surface area contributed by atoms with Crippen LogP contribution in [0.2, 0.25) is 0 Å². The van der Waals surface area contributed by atoms with Crippen LogP contribution in [0.15, 0.2) is 22.4 Å². The number of thiophene rings is 1. The van der Waals surface area contributed by atoms with E-state index >= 15 is 0 Å². The van der Waals surface area contributed by atoms with E-state index in [0.717, 1.165) is 9.78 Å². The van der Waals surface area contributed by atoms with Gasteiger partial charge in [0.05, 0.1) is 4.91 Å². The zero-order chi connectivity index (χ0) is 12.4. The van der Waals surface area contributed by atoms with Crippen LogP contribution in [0.4, 0.5) is 0 Å². The summed E-state index contributed by atoms with van der Waals surface area (Å²) in [7, 11) is 0. The summed E-state index contributed by atoms with van der Waals surface area (Å²) >= 11 is 8.26. The van der Waals surface area contributed by atoms with E-state index in [2.05, 4.69) is 13.8 Å². The second-order valence-corrected chi connectivity index (χ2v) is 6.86. The monoisotopic (exact) mass is 283 g/mol. The highest BCUT2D eigenvalue weighted by Crippen LogP contribution is 2.33. The molecule has 2 rings (SSSR count). The summed E-state index contributed by atoms with van der Waals surface area (Å²) in [6, 6.07) is 3.98.